The van der Waals surface area contributed by atoms with Crippen LogP contribution >= 0.6 is 0 Å². The van der Waals surface area contributed by atoms with Crippen molar-refractivity contribution in [2.24, 2.45) is 0 Å². The largest absolute Gasteiger partial charge is 0.348 e. The molecule has 0 spiro atoms. The first-order chi connectivity index (χ1) is 10.7. The Bertz CT molecular complexity index is 784. The Balaban J connectivity index is 1.94. The predicted octanol–water partition coefficient (Wildman–Crippen LogP) is 3.65. The highest BCUT2D eigenvalue weighted by Gasteiger charge is 2.15. The quantitative estimate of drug-likeness (QED) is 0.797. The van der Waals surface area contributed by atoms with Gasteiger partial charge in [0.1, 0.15) is 0 Å². The highest BCUT2D eigenvalue weighted by atomic mass is 16.1. The number of aromatic nitrogens is 1. The van der Waals surface area contributed by atoms with Gasteiger partial charge in [-0.15, -0.1) is 0 Å². The average molecular weight is 290 g/mol. The third-order valence-electron chi connectivity index (χ3n) is 3.64. The number of hydrogen-bond donors (Lipinski definition) is 1. The molecular formula is C19H18N2O. The van der Waals surface area contributed by atoms with Crippen molar-refractivity contribution in [3.63, 3.8) is 0 Å². The molecule has 1 aromatic heterocycles. The van der Waals surface area contributed by atoms with Crippen LogP contribution in [0, 0.1) is 0 Å². The molecule has 1 N–H and O–H groups in total. The molecule has 0 unspecified atom stereocenters. The van der Waals surface area contributed by atoms with Gasteiger partial charge in [-0.05, 0) is 24.1 Å². The van der Waals surface area contributed by atoms with Crippen molar-refractivity contribution in [2.45, 2.75) is 19.4 Å². The van der Waals surface area contributed by atoms with Crippen LogP contribution in [0.15, 0.2) is 66.7 Å². The number of carbonyl (C=O) groups excluding carboxylic acids is 1. The number of amides is 1. The predicted molar refractivity (Wildman–Crippen MR) is 88.4 cm³/mol. The fourth-order valence-electron chi connectivity index (χ4n) is 2.60. The van der Waals surface area contributed by atoms with Crippen molar-refractivity contribution in [2.75, 3.05) is 0 Å². The van der Waals surface area contributed by atoms with E-state index in [0.29, 0.717) is 0 Å². The minimum absolute atomic E-state index is 0.0455. The smallest absolute Gasteiger partial charge is 0.217 e. The summed E-state index contributed by atoms with van der Waals surface area (Å²) in [4.78, 5) is 16.3. The van der Waals surface area contributed by atoms with Crippen LogP contribution in [0.4, 0.5) is 0 Å². The molecule has 1 amide bonds. The molecular weight excluding hydrogens is 272 g/mol. The SMILES string of the molecule is CC(=O)N[C@@H](Cc1ccccc1)c1ccc2ccccc2n1. The van der Waals surface area contributed by atoms with E-state index in [9.17, 15) is 4.79 Å². The maximum absolute atomic E-state index is 11.5. The molecule has 1 atom stereocenters. The van der Waals surface area contributed by atoms with Crippen LogP contribution in [0.3, 0.4) is 0 Å². The number of benzene rings is 2. The van der Waals surface area contributed by atoms with E-state index >= 15 is 0 Å². The summed E-state index contributed by atoms with van der Waals surface area (Å²) < 4.78 is 0. The number of para-hydroxylation sites is 1. The molecule has 0 saturated heterocycles. The zero-order valence-electron chi connectivity index (χ0n) is 12.5. The Morgan fingerprint density at radius 3 is 2.50 bits per heavy atom. The van der Waals surface area contributed by atoms with Gasteiger partial charge in [-0.3, -0.25) is 9.78 Å². The van der Waals surface area contributed by atoms with Gasteiger partial charge >= 0.3 is 0 Å². The third-order valence-corrected chi connectivity index (χ3v) is 3.64. The maximum atomic E-state index is 11.5. The zero-order valence-corrected chi connectivity index (χ0v) is 12.5. The molecule has 0 radical (unpaired) electrons. The van der Waals surface area contributed by atoms with Gasteiger partial charge < -0.3 is 5.32 Å². The number of nitrogens with zero attached hydrogens (tertiary/aromatic N) is 1. The first-order valence-electron chi connectivity index (χ1n) is 7.39. The van der Waals surface area contributed by atoms with E-state index in [1.807, 2.05) is 48.5 Å². The fraction of sp³-hybridized carbons (Fsp3) is 0.158. The lowest BCUT2D eigenvalue weighted by Crippen LogP contribution is -2.28. The lowest BCUT2D eigenvalue weighted by atomic mass is 10.0. The number of hydrogen-bond acceptors (Lipinski definition) is 2. The van der Waals surface area contributed by atoms with Gasteiger partial charge in [0.25, 0.3) is 0 Å². The molecule has 0 fully saturated rings. The highest BCUT2D eigenvalue weighted by molar-refractivity contribution is 5.78. The number of nitrogens with one attached hydrogen (secondary N) is 1. The second-order valence-electron chi connectivity index (χ2n) is 5.37. The van der Waals surface area contributed by atoms with Crippen LogP contribution in [0.5, 0.6) is 0 Å². The molecule has 0 aliphatic heterocycles. The minimum atomic E-state index is -0.121. The summed E-state index contributed by atoms with van der Waals surface area (Å²) in [6, 6.07) is 22.1. The average Bonchev–Trinajstić information content (AvgIpc) is 2.54. The number of carbonyl (C=O) groups is 1. The standard InChI is InChI=1S/C19H18N2O/c1-14(22)20-19(13-15-7-3-2-4-8-15)18-12-11-16-9-5-6-10-17(16)21-18/h2-12,19H,13H2,1H3,(H,20,22)/t19-/m0/s1. The first kappa shape index (κ1) is 14.3. The van der Waals surface area contributed by atoms with Crippen molar-refractivity contribution in [3.8, 4) is 0 Å². The summed E-state index contributed by atoms with van der Waals surface area (Å²) >= 11 is 0. The van der Waals surface area contributed by atoms with Crippen molar-refractivity contribution >= 4 is 16.8 Å². The van der Waals surface area contributed by atoms with E-state index in [1.165, 1.54) is 5.56 Å². The Kier molecular flexibility index (Phi) is 4.15. The molecule has 110 valence electrons. The zero-order chi connectivity index (χ0) is 15.4. The molecule has 2 aromatic carbocycles. The number of rotatable bonds is 4. The van der Waals surface area contributed by atoms with Gasteiger partial charge in [-0.25, -0.2) is 0 Å². The molecule has 0 aliphatic rings. The topological polar surface area (TPSA) is 42.0 Å². The lowest BCUT2D eigenvalue weighted by molar-refractivity contribution is -0.119. The monoisotopic (exact) mass is 290 g/mol. The molecule has 22 heavy (non-hydrogen) atoms. The van der Waals surface area contributed by atoms with Crippen LogP contribution in [0.1, 0.15) is 24.2 Å². The van der Waals surface area contributed by atoms with Crippen LogP contribution in [-0.4, -0.2) is 10.9 Å². The third kappa shape index (κ3) is 3.31. The van der Waals surface area contributed by atoms with Crippen LogP contribution < -0.4 is 5.32 Å². The maximum Gasteiger partial charge on any atom is 0.217 e. The van der Waals surface area contributed by atoms with E-state index in [4.69, 9.17) is 4.98 Å². The summed E-state index contributed by atoms with van der Waals surface area (Å²) in [5, 5.41) is 4.11. The summed E-state index contributed by atoms with van der Waals surface area (Å²) in [7, 11) is 0. The van der Waals surface area contributed by atoms with Gasteiger partial charge in [-0.2, -0.15) is 0 Å². The summed E-state index contributed by atoms with van der Waals surface area (Å²) in [6.45, 7) is 1.54. The van der Waals surface area contributed by atoms with Crippen molar-refractivity contribution in [1.82, 2.24) is 10.3 Å². The molecule has 3 nitrogen and oxygen atoms in total. The van der Waals surface area contributed by atoms with Gasteiger partial charge in [-0.1, -0.05) is 54.6 Å². The summed E-state index contributed by atoms with van der Waals surface area (Å²) in [6.07, 6.45) is 0.728. The van der Waals surface area contributed by atoms with Crippen molar-refractivity contribution < 1.29 is 4.79 Å². The molecule has 3 rings (SSSR count). The Hall–Kier alpha value is -2.68. The Morgan fingerprint density at radius 2 is 1.73 bits per heavy atom. The fourth-order valence-corrected chi connectivity index (χ4v) is 2.60. The summed E-state index contributed by atoms with van der Waals surface area (Å²) in [5.41, 5.74) is 3.01. The molecule has 3 aromatic rings. The van der Waals surface area contributed by atoms with Crippen molar-refractivity contribution in [1.29, 1.82) is 0 Å². The van der Waals surface area contributed by atoms with E-state index in [-0.39, 0.29) is 11.9 Å². The summed E-state index contributed by atoms with van der Waals surface area (Å²) in [5.74, 6) is -0.0455. The number of pyridine rings is 1. The van der Waals surface area contributed by atoms with Gasteiger partial charge in [0.15, 0.2) is 0 Å². The second kappa shape index (κ2) is 6.39. The highest BCUT2D eigenvalue weighted by Crippen LogP contribution is 2.20. The van der Waals surface area contributed by atoms with E-state index in [2.05, 4.69) is 23.5 Å². The molecule has 0 aliphatic carbocycles. The van der Waals surface area contributed by atoms with E-state index < -0.39 is 0 Å². The van der Waals surface area contributed by atoms with Gasteiger partial charge in [0, 0.05) is 12.3 Å². The van der Waals surface area contributed by atoms with E-state index in [0.717, 1.165) is 23.0 Å². The number of fused-ring (bicyclic) bond motifs is 1. The Labute approximate surface area is 130 Å². The second-order valence-corrected chi connectivity index (χ2v) is 5.37. The van der Waals surface area contributed by atoms with Crippen LogP contribution in [-0.2, 0) is 11.2 Å². The van der Waals surface area contributed by atoms with Crippen LogP contribution in [0.25, 0.3) is 10.9 Å². The molecule has 0 saturated carbocycles. The lowest BCUT2D eigenvalue weighted by Gasteiger charge is -2.18. The van der Waals surface area contributed by atoms with Gasteiger partial charge in [0.2, 0.25) is 5.91 Å². The van der Waals surface area contributed by atoms with Crippen molar-refractivity contribution in [3.05, 3.63) is 78.0 Å². The van der Waals surface area contributed by atoms with Gasteiger partial charge in [0.05, 0.1) is 17.3 Å². The van der Waals surface area contributed by atoms with Crippen LogP contribution in [0.2, 0.25) is 0 Å². The molecule has 1 heterocycles. The first-order valence-corrected chi connectivity index (χ1v) is 7.39. The molecule has 0 bridgehead atoms. The molecule has 3 heteroatoms. The normalized spacial score (nSPS) is 12.0. The Morgan fingerprint density at radius 1 is 1.00 bits per heavy atom. The van der Waals surface area contributed by atoms with E-state index in [1.54, 1.807) is 6.92 Å². The minimum Gasteiger partial charge on any atom is -0.348 e.